The lowest BCUT2D eigenvalue weighted by atomic mass is 10.1. The van der Waals surface area contributed by atoms with Crippen molar-refractivity contribution >= 4 is 28.9 Å². The second kappa shape index (κ2) is 3.30. The van der Waals surface area contributed by atoms with Crippen LogP contribution in [0.2, 0.25) is 0 Å². The lowest BCUT2D eigenvalue weighted by Gasteiger charge is -1.99. The third-order valence-corrected chi connectivity index (χ3v) is 2.11. The summed E-state index contributed by atoms with van der Waals surface area (Å²) in [7, 11) is 0. The number of hydrogen-bond donors (Lipinski definition) is 0. The van der Waals surface area contributed by atoms with Crippen molar-refractivity contribution in [2.45, 2.75) is 6.92 Å². The number of aryl methyl sites for hydroxylation is 1. The van der Waals surface area contributed by atoms with Crippen LogP contribution >= 0.6 is 22.6 Å². The predicted octanol–water partition coefficient (Wildman–Crippen LogP) is 2.55. The molecule has 1 aromatic rings. The highest BCUT2D eigenvalue weighted by Gasteiger charge is 2.05. The van der Waals surface area contributed by atoms with Crippen molar-refractivity contribution in [2.24, 2.45) is 0 Å². The quantitative estimate of drug-likeness (QED) is 0.562. The Morgan fingerprint density at radius 1 is 1.55 bits per heavy atom. The fourth-order valence-corrected chi connectivity index (χ4v) is 1.64. The minimum Gasteiger partial charge on any atom is -0.298 e. The SMILES string of the molecule is Cc1cc(I)c(F)c(C=O)c1. The van der Waals surface area contributed by atoms with Gasteiger partial charge in [0.05, 0.1) is 5.56 Å². The number of rotatable bonds is 1. The Bertz CT molecular complexity index is 296. The summed E-state index contributed by atoms with van der Waals surface area (Å²) < 4.78 is 13.4. The predicted molar refractivity (Wildman–Crippen MR) is 49.2 cm³/mol. The molecule has 0 aliphatic heterocycles. The number of benzene rings is 1. The van der Waals surface area contributed by atoms with E-state index in [2.05, 4.69) is 0 Å². The maximum absolute atomic E-state index is 12.9. The van der Waals surface area contributed by atoms with E-state index >= 15 is 0 Å². The second-order valence-electron chi connectivity index (χ2n) is 2.27. The molecule has 0 heterocycles. The first kappa shape index (κ1) is 8.64. The van der Waals surface area contributed by atoms with E-state index in [1.807, 2.05) is 29.5 Å². The molecule has 0 atom stereocenters. The summed E-state index contributed by atoms with van der Waals surface area (Å²) in [5.74, 6) is -0.425. The molecule has 0 saturated heterocycles. The largest absolute Gasteiger partial charge is 0.298 e. The van der Waals surface area contributed by atoms with Crippen LogP contribution in [0.3, 0.4) is 0 Å². The Morgan fingerprint density at radius 3 is 2.73 bits per heavy atom. The van der Waals surface area contributed by atoms with Gasteiger partial charge >= 0.3 is 0 Å². The van der Waals surface area contributed by atoms with Gasteiger partial charge in [-0.1, -0.05) is 0 Å². The number of carbonyl (C=O) groups is 1. The third-order valence-electron chi connectivity index (χ3n) is 1.33. The van der Waals surface area contributed by atoms with Gasteiger partial charge in [-0.25, -0.2) is 4.39 Å². The summed E-state index contributed by atoms with van der Waals surface area (Å²) in [6.07, 6.45) is 0.532. The molecule has 0 amide bonds. The van der Waals surface area contributed by atoms with Gasteiger partial charge in [0.15, 0.2) is 6.29 Å². The minimum absolute atomic E-state index is 0.134. The van der Waals surface area contributed by atoms with E-state index in [1.165, 1.54) is 6.07 Å². The Labute approximate surface area is 77.8 Å². The Kier molecular flexibility index (Phi) is 2.59. The summed E-state index contributed by atoms with van der Waals surface area (Å²) in [5, 5.41) is 0. The summed E-state index contributed by atoms with van der Waals surface area (Å²) >= 11 is 1.87. The molecule has 0 saturated carbocycles. The molecule has 58 valence electrons. The molecule has 0 spiro atoms. The van der Waals surface area contributed by atoms with Crippen LogP contribution in [0.1, 0.15) is 15.9 Å². The first-order chi connectivity index (χ1) is 5.15. The standard InChI is InChI=1S/C8H6FIO/c1-5-2-6(4-11)8(9)7(10)3-5/h2-4H,1H3. The van der Waals surface area contributed by atoms with Gasteiger partial charge in [0.2, 0.25) is 0 Å². The first-order valence-corrected chi connectivity index (χ1v) is 4.14. The molecular weight excluding hydrogens is 258 g/mol. The number of carbonyl (C=O) groups excluding carboxylic acids is 1. The smallest absolute Gasteiger partial charge is 0.153 e. The zero-order chi connectivity index (χ0) is 8.43. The van der Waals surface area contributed by atoms with E-state index in [9.17, 15) is 9.18 Å². The van der Waals surface area contributed by atoms with Gasteiger partial charge in [0, 0.05) is 3.57 Å². The molecule has 0 N–H and O–H groups in total. The average molecular weight is 264 g/mol. The van der Waals surface area contributed by atoms with E-state index in [1.54, 1.807) is 6.07 Å². The third kappa shape index (κ3) is 1.77. The maximum Gasteiger partial charge on any atom is 0.153 e. The van der Waals surface area contributed by atoms with E-state index in [4.69, 9.17) is 0 Å². The number of hydrogen-bond acceptors (Lipinski definition) is 1. The molecule has 0 bridgehead atoms. The van der Waals surface area contributed by atoms with Gasteiger partial charge in [0.1, 0.15) is 5.82 Å². The highest BCUT2D eigenvalue weighted by molar-refractivity contribution is 14.1. The fraction of sp³-hybridized carbons (Fsp3) is 0.125. The van der Waals surface area contributed by atoms with Gasteiger partial charge in [0.25, 0.3) is 0 Å². The minimum atomic E-state index is -0.425. The topological polar surface area (TPSA) is 17.1 Å². The van der Waals surface area contributed by atoms with E-state index in [0.717, 1.165) is 5.56 Å². The summed E-state index contributed by atoms with van der Waals surface area (Å²) in [6.45, 7) is 1.83. The fourth-order valence-electron chi connectivity index (χ4n) is 0.837. The van der Waals surface area contributed by atoms with Crippen molar-refractivity contribution in [2.75, 3.05) is 0 Å². The Hall–Kier alpha value is -0.450. The van der Waals surface area contributed by atoms with Crippen LogP contribution in [0, 0.1) is 16.3 Å². The number of halogens is 2. The van der Waals surface area contributed by atoms with Crippen LogP contribution < -0.4 is 0 Å². The molecule has 0 aromatic heterocycles. The van der Waals surface area contributed by atoms with Crippen LogP contribution in [0.4, 0.5) is 4.39 Å². The van der Waals surface area contributed by atoms with Crippen molar-refractivity contribution < 1.29 is 9.18 Å². The summed E-state index contributed by atoms with van der Waals surface area (Å²) in [6, 6.07) is 3.23. The normalized spacial score (nSPS) is 9.73. The zero-order valence-corrected chi connectivity index (χ0v) is 8.05. The lowest BCUT2D eigenvalue weighted by molar-refractivity contribution is 0.111. The molecule has 0 aliphatic rings. The molecule has 0 radical (unpaired) electrons. The van der Waals surface area contributed by atoms with Crippen LogP contribution in [0.5, 0.6) is 0 Å². The maximum atomic E-state index is 12.9. The van der Waals surface area contributed by atoms with Crippen molar-refractivity contribution in [3.63, 3.8) is 0 Å². The molecule has 11 heavy (non-hydrogen) atoms. The van der Waals surface area contributed by atoms with E-state index < -0.39 is 5.82 Å². The second-order valence-corrected chi connectivity index (χ2v) is 3.43. The van der Waals surface area contributed by atoms with Gasteiger partial charge in [-0.15, -0.1) is 0 Å². The summed E-state index contributed by atoms with van der Waals surface area (Å²) in [5.41, 5.74) is 1.03. The van der Waals surface area contributed by atoms with Gasteiger partial charge < -0.3 is 0 Å². The van der Waals surface area contributed by atoms with Crippen LogP contribution in [-0.2, 0) is 0 Å². The van der Waals surface area contributed by atoms with Gasteiger partial charge in [-0.2, -0.15) is 0 Å². The van der Waals surface area contributed by atoms with Crippen LogP contribution in [0.25, 0.3) is 0 Å². The molecule has 0 unspecified atom stereocenters. The average Bonchev–Trinajstić information content (AvgIpc) is 1.96. The van der Waals surface area contributed by atoms with E-state index in [-0.39, 0.29) is 5.56 Å². The monoisotopic (exact) mass is 264 g/mol. The Balaban J connectivity index is 3.35. The van der Waals surface area contributed by atoms with Gasteiger partial charge in [-0.3, -0.25) is 4.79 Å². The first-order valence-electron chi connectivity index (χ1n) is 3.06. The highest BCUT2D eigenvalue weighted by atomic mass is 127. The van der Waals surface area contributed by atoms with E-state index in [0.29, 0.717) is 9.86 Å². The van der Waals surface area contributed by atoms with Crippen molar-refractivity contribution in [1.82, 2.24) is 0 Å². The van der Waals surface area contributed by atoms with Crippen LogP contribution in [0.15, 0.2) is 12.1 Å². The molecule has 1 rings (SSSR count). The molecule has 3 heteroatoms. The Morgan fingerprint density at radius 2 is 2.18 bits per heavy atom. The van der Waals surface area contributed by atoms with Crippen LogP contribution in [-0.4, -0.2) is 6.29 Å². The summed E-state index contributed by atoms with van der Waals surface area (Å²) in [4.78, 5) is 10.3. The molecule has 1 aromatic carbocycles. The van der Waals surface area contributed by atoms with Crippen molar-refractivity contribution in [3.8, 4) is 0 Å². The lowest BCUT2D eigenvalue weighted by Crippen LogP contribution is -1.92. The van der Waals surface area contributed by atoms with Gasteiger partial charge in [-0.05, 0) is 47.2 Å². The van der Waals surface area contributed by atoms with Crippen molar-refractivity contribution in [3.05, 3.63) is 32.6 Å². The molecular formula is C8H6FIO. The molecule has 1 nitrogen and oxygen atoms in total. The molecule has 0 fully saturated rings. The number of aldehydes is 1. The highest BCUT2D eigenvalue weighted by Crippen LogP contribution is 2.15. The zero-order valence-electron chi connectivity index (χ0n) is 5.90. The van der Waals surface area contributed by atoms with Crippen molar-refractivity contribution in [1.29, 1.82) is 0 Å². The molecule has 0 aliphatic carbocycles.